The first-order valence-electron chi connectivity index (χ1n) is 9.51. The first-order valence-corrected chi connectivity index (χ1v) is 9.51. The van der Waals surface area contributed by atoms with Crippen molar-refractivity contribution in [3.63, 3.8) is 0 Å². The molecule has 0 saturated carbocycles. The lowest BCUT2D eigenvalue weighted by Crippen LogP contribution is -2.41. The van der Waals surface area contributed by atoms with Crippen molar-refractivity contribution in [2.75, 3.05) is 39.4 Å². The molecule has 2 aromatic carbocycles. The molecule has 3 aromatic rings. The maximum Gasteiger partial charge on any atom is 0.253 e. The van der Waals surface area contributed by atoms with Gasteiger partial charge in [0.2, 0.25) is 0 Å². The Morgan fingerprint density at radius 3 is 2.56 bits per heavy atom. The van der Waals surface area contributed by atoms with Crippen LogP contribution in [-0.4, -0.2) is 54.8 Å². The smallest absolute Gasteiger partial charge is 0.253 e. The Bertz CT molecular complexity index is 898. The van der Waals surface area contributed by atoms with Crippen molar-refractivity contribution in [3.05, 3.63) is 71.9 Å². The van der Waals surface area contributed by atoms with E-state index in [-0.39, 0.29) is 5.91 Å². The first-order chi connectivity index (χ1) is 13.3. The van der Waals surface area contributed by atoms with Crippen LogP contribution in [0.15, 0.2) is 60.8 Å². The molecule has 0 unspecified atom stereocenters. The van der Waals surface area contributed by atoms with E-state index < -0.39 is 0 Å². The van der Waals surface area contributed by atoms with Crippen LogP contribution in [0.3, 0.4) is 0 Å². The zero-order valence-corrected chi connectivity index (χ0v) is 15.4. The Kier molecular flexibility index (Phi) is 5.51. The number of hydrogen-bond donors (Lipinski definition) is 1. The second-order valence-corrected chi connectivity index (χ2v) is 6.88. The molecule has 2 heterocycles. The molecular weight excluding hydrogens is 338 g/mol. The van der Waals surface area contributed by atoms with Crippen molar-refractivity contribution in [1.82, 2.24) is 14.8 Å². The normalized spacial score (nSPS) is 15.1. The van der Waals surface area contributed by atoms with E-state index >= 15 is 0 Å². The van der Waals surface area contributed by atoms with Gasteiger partial charge < -0.3 is 14.6 Å². The lowest BCUT2D eigenvalue weighted by atomic mass is 10.1. The van der Waals surface area contributed by atoms with Crippen molar-refractivity contribution in [2.45, 2.75) is 6.54 Å². The fourth-order valence-corrected chi connectivity index (χ4v) is 3.59. The Morgan fingerprint density at radius 1 is 1.00 bits per heavy atom. The highest BCUT2D eigenvalue weighted by Gasteiger charge is 2.16. The summed E-state index contributed by atoms with van der Waals surface area (Å²) >= 11 is 0. The number of benzene rings is 2. The van der Waals surface area contributed by atoms with Crippen molar-refractivity contribution in [2.24, 2.45) is 0 Å². The summed E-state index contributed by atoms with van der Waals surface area (Å²) in [7, 11) is 0. The van der Waals surface area contributed by atoms with Crippen LogP contribution in [0.1, 0.15) is 15.9 Å². The largest absolute Gasteiger partial charge is 0.379 e. The summed E-state index contributed by atoms with van der Waals surface area (Å²) in [4.78, 5) is 15.1. The molecule has 5 nitrogen and oxygen atoms in total. The average Bonchev–Trinajstić information content (AvgIpc) is 3.08. The number of morpholine rings is 1. The summed E-state index contributed by atoms with van der Waals surface area (Å²) in [6.07, 6.45) is 1.97. The summed E-state index contributed by atoms with van der Waals surface area (Å²) in [6.45, 7) is 5.69. The number of nitrogens with one attached hydrogen (secondary N) is 1. The molecule has 0 radical (unpaired) electrons. The van der Waals surface area contributed by atoms with E-state index in [4.69, 9.17) is 4.74 Å². The van der Waals surface area contributed by atoms with Gasteiger partial charge in [0, 0.05) is 49.8 Å². The second kappa shape index (κ2) is 8.37. The van der Waals surface area contributed by atoms with Crippen LogP contribution in [0.4, 0.5) is 0 Å². The molecule has 4 rings (SSSR count). The Balaban J connectivity index is 1.48. The summed E-state index contributed by atoms with van der Waals surface area (Å²) in [5.74, 6) is -0.00808. The standard InChI is InChI=1S/C22H25N3O2/c26-22(23-10-11-24-12-14-27-15-13-24)20-17-25(16-18-6-2-1-3-7-18)21-9-5-4-8-19(20)21/h1-9,17H,10-16H2,(H,23,26). The number of nitrogens with zero attached hydrogens (tertiary/aromatic N) is 2. The van der Waals surface area contributed by atoms with Crippen LogP contribution in [0.25, 0.3) is 10.9 Å². The molecule has 1 fully saturated rings. The number of hydrogen-bond acceptors (Lipinski definition) is 3. The van der Waals surface area contributed by atoms with Gasteiger partial charge in [-0.25, -0.2) is 0 Å². The van der Waals surface area contributed by atoms with Gasteiger partial charge in [0.1, 0.15) is 0 Å². The fourth-order valence-electron chi connectivity index (χ4n) is 3.59. The topological polar surface area (TPSA) is 46.5 Å². The number of amides is 1. The number of carbonyl (C=O) groups excluding carboxylic acids is 1. The third-order valence-corrected chi connectivity index (χ3v) is 5.05. The van der Waals surface area contributed by atoms with Crippen LogP contribution in [0.2, 0.25) is 0 Å². The molecule has 1 aliphatic heterocycles. The van der Waals surface area contributed by atoms with Gasteiger partial charge in [-0.05, 0) is 11.6 Å². The maximum absolute atomic E-state index is 12.8. The van der Waals surface area contributed by atoms with Crippen molar-refractivity contribution in [1.29, 1.82) is 0 Å². The molecule has 1 aliphatic rings. The fraction of sp³-hybridized carbons (Fsp3) is 0.318. The number of ether oxygens (including phenoxy) is 1. The third-order valence-electron chi connectivity index (χ3n) is 5.05. The molecule has 1 saturated heterocycles. The van der Waals surface area contributed by atoms with Crippen molar-refractivity contribution in [3.8, 4) is 0 Å². The summed E-state index contributed by atoms with van der Waals surface area (Å²) in [5, 5.41) is 4.08. The molecule has 0 atom stereocenters. The van der Waals surface area contributed by atoms with Crippen LogP contribution in [0, 0.1) is 0 Å². The van der Waals surface area contributed by atoms with Crippen LogP contribution >= 0.6 is 0 Å². The van der Waals surface area contributed by atoms with Crippen LogP contribution < -0.4 is 5.32 Å². The predicted molar refractivity (Wildman–Crippen MR) is 107 cm³/mol. The molecule has 1 N–H and O–H groups in total. The summed E-state index contributed by atoms with van der Waals surface area (Å²) in [5.41, 5.74) is 3.04. The van der Waals surface area contributed by atoms with Crippen molar-refractivity contribution < 1.29 is 9.53 Å². The molecule has 27 heavy (non-hydrogen) atoms. The van der Waals surface area contributed by atoms with Crippen LogP contribution in [-0.2, 0) is 11.3 Å². The molecule has 1 aromatic heterocycles. The quantitative estimate of drug-likeness (QED) is 0.733. The van der Waals surface area contributed by atoms with E-state index in [0.29, 0.717) is 6.54 Å². The first kappa shape index (κ1) is 17.8. The summed E-state index contributed by atoms with van der Waals surface area (Å²) < 4.78 is 7.52. The highest BCUT2D eigenvalue weighted by Crippen LogP contribution is 2.22. The SMILES string of the molecule is O=C(NCCN1CCOCC1)c1cn(Cc2ccccc2)c2ccccc12. The lowest BCUT2D eigenvalue weighted by Gasteiger charge is -2.26. The monoisotopic (exact) mass is 363 g/mol. The number of carbonyl (C=O) groups is 1. The van der Waals surface area contributed by atoms with E-state index in [2.05, 4.69) is 33.0 Å². The number of rotatable bonds is 6. The number of para-hydroxylation sites is 1. The van der Waals surface area contributed by atoms with Gasteiger partial charge in [0.15, 0.2) is 0 Å². The average molecular weight is 363 g/mol. The molecule has 140 valence electrons. The van der Waals surface area contributed by atoms with Gasteiger partial charge in [-0.1, -0.05) is 48.5 Å². The maximum atomic E-state index is 12.8. The molecule has 0 bridgehead atoms. The third kappa shape index (κ3) is 4.21. The minimum atomic E-state index is -0.00808. The zero-order chi connectivity index (χ0) is 18.5. The summed E-state index contributed by atoms with van der Waals surface area (Å²) in [6, 6.07) is 18.4. The highest BCUT2D eigenvalue weighted by atomic mass is 16.5. The molecule has 5 heteroatoms. The van der Waals surface area contributed by atoms with E-state index in [9.17, 15) is 4.79 Å². The van der Waals surface area contributed by atoms with Gasteiger partial charge in [0.25, 0.3) is 5.91 Å². The van der Waals surface area contributed by atoms with Gasteiger partial charge in [-0.2, -0.15) is 0 Å². The Morgan fingerprint density at radius 2 is 1.74 bits per heavy atom. The minimum Gasteiger partial charge on any atom is -0.379 e. The highest BCUT2D eigenvalue weighted by molar-refractivity contribution is 6.07. The van der Waals surface area contributed by atoms with Crippen LogP contribution in [0.5, 0.6) is 0 Å². The lowest BCUT2D eigenvalue weighted by molar-refractivity contribution is 0.0383. The van der Waals surface area contributed by atoms with E-state index in [0.717, 1.165) is 55.9 Å². The van der Waals surface area contributed by atoms with E-state index in [1.54, 1.807) is 0 Å². The van der Waals surface area contributed by atoms with Crippen molar-refractivity contribution >= 4 is 16.8 Å². The van der Waals surface area contributed by atoms with Gasteiger partial charge >= 0.3 is 0 Å². The van der Waals surface area contributed by atoms with E-state index in [1.165, 1.54) is 5.56 Å². The predicted octanol–water partition coefficient (Wildman–Crippen LogP) is 2.75. The minimum absolute atomic E-state index is 0.00808. The Labute approximate surface area is 159 Å². The van der Waals surface area contributed by atoms with Gasteiger partial charge in [-0.15, -0.1) is 0 Å². The molecule has 1 amide bonds. The second-order valence-electron chi connectivity index (χ2n) is 6.88. The van der Waals surface area contributed by atoms with E-state index in [1.807, 2.05) is 42.6 Å². The zero-order valence-electron chi connectivity index (χ0n) is 15.4. The number of aromatic nitrogens is 1. The van der Waals surface area contributed by atoms with Gasteiger partial charge in [-0.3, -0.25) is 9.69 Å². The molecule has 0 spiro atoms. The Hall–Kier alpha value is -2.63. The molecule has 0 aliphatic carbocycles. The molecular formula is C22H25N3O2. The number of fused-ring (bicyclic) bond motifs is 1. The van der Waals surface area contributed by atoms with Gasteiger partial charge in [0.05, 0.1) is 18.8 Å².